The molecule has 1 heterocycles. The van der Waals surface area contributed by atoms with E-state index in [1.807, 2.05) is 12.1 Å². The van der Waals surface area contributed by atoms with Crippen LogP contribution in [0.5, 0.6) is 11.5 Å². The van der Waals surface area contributed by atoms with E-state index in [9.17, 15) is 0 Å². The Morgan fingerprint density at radius 2 is 2.00 bits per heavy atom. The molecule has 82 valence electrons. The molecule has 1 aliphatic rings. The van der Waals surface area contributed by atoms with E-state index in [2.05, 4.69) is 6.07 Å². The van der Waals surface area contributed by atoms with Crippen molar-refractivity contribution in [3.8, 4) is 11.5 Å². The van der Waals surface area contributed by atoms with E-state index in [0.717, 1.165) is 29.6 Å². The third-order valence-corrected chi connectivity index (χ3v) is 3.41. The molecular weight excluding hydrogens is 232 g/mol. The number of rotatable bonds is 4. The molecule has 0 fully saturated rings. The van der Waals surface area contributed by atoms with Crippen molar-refractivity contribution in [3.63, 3.8) is 0 Å². The zero-order chi connectivity index (χ0) is 10.5. The van der Waals surface area contributed by atoms with E-state index in [-0.39, 0.29) is 0 Å². The summed E-state index contributed by atoms with van der Waals surface area (Å²) in [7, 11) is 0. The quantitative estimate of drug-likeness (QED) is 0.461. The van der Waals surface area contributed by atoms with E-state index >= 15 is 0 Å². The number of hydrogen-bond acceptors (Lipinski definition) is 3. The number of ether oxygens (including phenoxy) is 2. The van der Waals surface area contributed by atoms with Gasteiger partial charge in [0.15, 0.2) is 11.5 Å². The molecule has 1 aromatic carbocycles. The zero-order valence-electron chi connectivity index (χ0n) is 8.37. The smallest absolute Gasteiger partial charge is 0.162 e. The average molecular weight is 245 g/mol. The van der Waals surface area contributed by atoms with Crippen LogP contribution in [0.3, 0.4) is 0 Å². The van der Waals surface area contributed by atoms with E-state index in [0.29, 0.717) is 13.2 Å². The number of thioether (sulfide) groups is 1. The van der Waals surface area contributed by atoms with Gasteiger partial charge >= 0.3 is 0 Å². The first-order valence-electron chi connectivity index (χ1n) is 4.98. The number of hydrogen-bond donors (Lipinski definition) is 0. The number of fused-ring (bicyclic) bond motifs is 1. The van der Waals surface area contributed by atoms with Gasteiger partial charge < -0.3 is 9.47 Å². The topological polar surface area (TPSA) is 18.5 Å². The molecule has 1 aromatic rings. The van der Waals surface area contributed by atoms with E-state index in [1.54, 1.807) is 11.8 Å². The lowest BCUT2D eigenvalue weighted by molar-refractivity contribution is 0.171. The molecule has 4 heteroatoms. The normalized spacial score (nSPS) is 13.9. The highest BCUT2D eigenvalue weighted by Crippen LogP contribution is 2.34. The molecule has 0 aliphatic carbocycles. The Labute approximate surface area is 98.9 Å². The van der Waals surface area contributed by atoms with E-state index < -0.39 is 0 Å². The van der Waals surface area contributed by atoms with Gasteiger partial charge in [0.2, 0.25) is 0 Å². The number of benzene rings is 1. The number of alkyl halides is 1. The molecule has 2 nitrogen and oxygen atoms in total. The van der Waals surface area contributed by atoms with Crippen LogP contribution in [0.25, 0.3) is 0 Å². The zero-order valence-corrected chi connectivity index (χ0v) is 9.94. The molecule has 0 saturated carbocycles. The molecule has 0 radical (unpaired) electrons. The fourth-order valence-electron chi connectivity index (χ4n) is 1.36. The summed E-state index contributed by atoms with van der Waals surface area (Å²) >= 11 is 7.42. The van der Waals surface area contributed by atoms with E-state index in [1.165, 1.54) is 4.90 Å². The third kappa shape index (κ3) is 2.95. The molecule has 0 unspecified atom stereocenters. The summed E-state index contributed by atoms with van der Waals surface area (Å²) in [6, 6.07) is 6.07. The Balaban J connectivity index is 2.00. The minimum atomic E-state index is 0.642. The molecule has 1 aliphatic heterocycles. The van der Waals surface area contributed by atoms with Crippen LogP contribution in [0.4, 0.5) is 0 Å². The van der Waals surface area contributed by atoms with Crippen molar-refractivity contribution in [1.82, 2.24) is 0 Å². The predicted octanol–water partition coefficient (Wildman–Crippen LogP) is 3.18. The lowest BCUT2D eigenvalue weighted by Crippen LogP contribution is -2.15. The second-order valence-electron chi connectivity index (χ2n) is 3.20. The summed E-state index contributed by atoms with van der Waals surface area (Å²) in [4.78, 5) is 1.21. The van der Waals surface area contributed by atoms with Gasteiger partial charge in [-0.1, -0.05) is 0 Å². The Morgan fingerprint density at radius 1 is 1.20 bits per heavy atom. The fraction of sp³-hybridized carbons (Fsp3) is 0.455. The van der Waals surface area contributed by atoms with Crippen LogP contribution >= 0.6 is 23.4 Å². The summed E-state index contributed by atoms with van der Waals surface area (Å²) in [5.41, 5.74) is 0. The Hall–Kier alpha value is -0.540. The van der Waals surface area contributed by atoms with Gasteiger partial charge in [-0.15, -0.1) is 23.4 Å². The maximum atomic E-state index is 5.63. The van der Waals surface area contributed by atoms with Gasteiger partial charge in [-0.2, -0.15) is 0 Å². The first-order chi connectivity index (χ1) is 7.40. The minimum absolute atomic E-state index is 0.642. The van der Waals surface area contributed by atoms with Gasteiger partial charge in [0, 0.05) is 10.8 Å². The lowest BCUT2D eigenvalue weighted by atomic mass is 10.3. The van der Waals surface area contributed by atoms with Crippen LogP contribution < -0.4 is 9.47 Å². The van der Waals surface area contributed by atoms with Gasteiger partial charge in [0.25, 0.3) is 0 Å². The molecule has 0 N–H and O–H groups in total. The fourth-order valence-corrected chi connectivity index (χ4v) is 2.53. The van der Waals surface area contributed by atoms with E-state index in [4.69, 9.17) is 21.1 Å². The molecule has 0 spiro atoms. The van der Waals surface area contributed by atoms with Gasteiger partial charge in [0.1, 0.15) is 13.2 Å². The van der Waals surface area contributed by atoms with Crippen LogP contribution in [0.15, 0.2) is 23.1 Å². The summed E-state index contributed by atoms with van der Waals surface area (Å²) in [5, 5.41) is 0. The summed E-state index contributed by atoms with van der Waals surface area (Å²) in [5.74, 6) is 3.47. The minimum Gasteiger partial charge on any atom is -0.486 e. The maximum absolute atomic E-state index is 5.63. The highest BCUT2D eigenvalue weighted by atomic mass is 35.5. The lowest BCUT2D eigenvalue weighted by Gasteiger charge is -2.18. The van der Waals surface area contributed by atoms with Crippen molar-refractivity contribution in [2.24, 2.45) is 0 Å². The monoisotopic (exact) mass is 244 g/mol. The van der Waals surface area contributed by atoms with Crippen LogP contribution in [0, 0.1) is 0 Å². The standard InChI is InChI=1S/C11H13ClO2S/c12-4-1-7-15-9-2-3-10-11(8-9)14-6-5-13-10/h2-3,8H,1,4-7H2. The van der Waals surface area contributed by atoms with Crippen LogP contribution in [0.2, 0.25) is 0 Å². The van der Waals surface area contributed by atoms with Crippen LogP contribution in [0.1, 0.15) is 6.42 Å². The molecule has 0 aromatic heterocycles. The Bertz CT molecular complexity index is 330. The molecular formula is C11H13ClO2S. The first kappa shape index (κ1) is 11.0. The molecule has 15 heavy (non-hydrogen) atoms. The van der Waals surface area contributed by atoms with Crippen LogP contribution in [-0.4, -0.2) is 24.8 Å². The molecule has 0 saturated heterocycles. The second-order valence-corrected chi connectivity index (χ2v) is 4.74. The van der Waals surface area contributed by atoms with Crippen LogP contribution in [-0.2, 0) is 0 Å². The van der Waals surface area contributed by atoms with Gasteiger partial charge in [-0.05, 0) is 30.4 Å². The summed E-state index contributed by atoms with van der Waals surface area (Å²) < 4.78 is 11.0. The van der Waals surface area contributed by atoms with Gasteiger partial charge in [-0.25, -0.2) is 0 Å². The largest absolute Gasteiger partial charge is 0.486 e. The summed E-state index contributed by atoms with van der Waals surface area (Å²) in [6.45, 7) is 1.29. The molecule has 2 rings (SSSR count). The maximum Gasteiger partial charge on any atom is 0.162 e. The Kier molecular flexibility index (Phi) is 4.03. The highest BCUT2D eigenvalue weighted by Gasteiger charge is 2.11. The first-order valence-corrected chi connectivity index (χ1v) is 6.50. The molecule has 0 amide bonds. The van der Waals surface area contributed by atoms with Crippen molar-refractivity contribution in [3.05, 3.63) is 18.2 Å². The van der Waals surface area contributed by atoms with Crippen molar-refractivity contribution >= 4 is 23.4 Å². The van der Waals surface area contributed by atoms with Gasteiger partial charge in [-0.3, -0.25) is 0 Å². The van der Waals surface area contributed by atoms with Gasteiger partial charge in [0.05, 0.1) is 0 Å². The van der Waals surface area contributed by atoms with Crippen molar-refractivity contribution in [2.45, 2.75) is 11.3 Å². The second kappa shape index (κ2) is 5.52. The average Bonchev–Trinajstić information content (AvgIpc) is 2.29. The SMILES string of the molecule is ClCCCSc1ccc2c(c1)OCCO2. The van der Waals surface area contributed by atoms with Crippen molar-refractivity contribution < 1.29 is 9.47 Å². The summed E-state index contributed by atoms with van der Waals surface area (Å²) in [6.07, 6.45) is 1.03. The van der Waals surface area contributed by atoms with Crippen molar-refractivity contribution in [2.75, 3.05) is 24.8 Å². The Morgan fingerprint density at radius 3 is 2.80 bits per heavy atom. The highest BCUT2D eigenvalue weighted by molar-refractivity contribution is 7.99. The molecule has 0 bridgehead atoms. The number of halogens is 1. The van der Waals surface area contributed by atoms with Crippen molar-refractivity contribution in [1.29, 1.82) is 0 Å². The molecule has 0 atom stereocenters. The predicted molar refractivity (Wildman–Crippen MR) is 63.5 cm³/mol. The third-order valence-electron chi connectivity index (χ3n) is 2.06.